The van der Waals surface area contributed by atoms with E-state index in [1.54, 1.807) is 32.0 Å². The average Bonchev–Trinajstić information content (AvgIpc) is 3.62. The zero-order valence-corrected chi connectivity index (χ0v) is 24.6. The molecular formula is C27H33FN7O7P. The van der Waals surface area contributed by atoms with E-state index in [1.165, 1.54) is 30.0 Å². The predicted molar refractivity (Wildman–Crippen MR) is 153 cm³/mol. The van der Waals surface area contributed by atoms with Gasteiger partial charge in [-0.2, -0.15) is 15.1 Å². The number of nitrogens with two attached hydrogens (primary N) is 1. The number of benzene rings is 1. The third-order valence-electron chi connectivity index (χ3n) is 6.71. The number of terminal acetylenes is 1. The third kappa shape index (κ3) is 6.58. The van der Waals surface area contributed by atoms with Gasteiger partial charge in [-0.25, -0.2) is 13.9 Å². The van der Waals surface area contributed by atoms with Crippen molar-refractivity contribution in [2.75, 3.05) is 17.7 Å². The van der Waals surface area contributed by atoms with E-state index in [0.29, 0.717) is 11.3 Å². The van der Waals surface area contributed by atoms with E-state index in [0.717, 1.165) is 12.8 Å². The van der Waals surface area contributed by atoms with Gasteiger partial charge in [-0.1, -0.05) is 24.1 Å². The topological polar surface area (TPSA) is 185 Å². The number of aromatic nitrogens is 4. The zero-order chi connectivity index (χ0) is 30.9. The lowest BCUT2D eigenvalue weighted by atomic mass is 9.97. The van der Waals surface area contributed by atoms with Gasteiger partial charge >= 0.3 is 13.7 Å². The fourth-order valence-electron chi connectivity index (χ4n) is 4.44. The molecule has 5 rings (SSSR count). The van der Waals surface area contributed by atoms with E-state index < -0.39 is 56.6 Å². The molecule has 2 aliphatic rings. The molecule has 14 nitrogen and oxygen atoms in total. The van der Waals surface area contributed by atoms with Crippen LogP contribution in [0.25, 0.3) is 11.2 Å². The number of rotatable bonds is 12. The highest BCUT2D eigenvalue weighted by molar-refractivity contribution is 7.52. The highest BCUT2D eigenvalue weighted by atomic mass is 31.2. The highest BCUT2D eigenvalue weighted by Crippen LogP contribution is 2.48. The number of esters is 1. The Bertz CT molecular complexity index is 1560. The number of ether oxygens (including phenoxy) is 2. The molecule has 1 aromatic carbocycles. The number of hydrogen-bond donors (Lipinski definition) is 4. The summed E-state index contributed by atoms with van der Waals surface area (Å²) in [7, 11) is -4.34. The summed E-state index contributed by atoms with van der Waals surface area (Å²) in [5.74, 6) is 1.73. The number of carbonyl (C=O) groups excluding carboxylic acids is 1. The summed E-state index contributed by atoms with van der Waals surface area (Å²) < 4.78 is 53.6. The van der Waals surface area contributed by atoms with Crippen LogP contribution >= 0.6 is 7.75 Å². The number of imidazole rings is 1. The lowest BCUT2D eigenvalue weighted by molar-refractivity contribution is -0.149. The van der Waals surface area contributed by atoms with Crippen molar-refractivity contribution in [3.63, 3.8) is 0 Å². The second kappa shape index (κ2) is 12.1. The first-order valence-corrected chi connectivity index (χ1v) is 15.2. The van der Waals surface area contributed by atoms with Gasteiger partial charge < -0.3 is 30.2 Å². The lowest BCUT2D eigenvalue weighted by Crippen LogP contribution is -2.42. The van der Waals surface area contributed by atoms with E-state index in [4.69, 9.17) is 30.7 Å². The quantitative estimate of drug-likeness (QED) is 0.132. The highest BCUT2D eigenvalue weighted by Gasteiger charge is 2.58. The van der Waals surface area contributed by atoms with Crippen LogP contribution in [0.5, 0.6) is 5.75 Å². The maximum absolute atomic E-state index is 16.3. The van der Waals surface area contributed by atoms with Crippen molar-refractivity contribution < 1.29 is 37.4 Å². The molecule has 230 valence electrons. The van der Waals surface area contributed by atoms with Crippen molar-refractivity contribution in [3.05, 3.63) is 36.7 Å². The van der Waals surface area contributed by atoms with Crippen molar-refractivity contribution in [3.8, 4) is 18.1 Å². The lowest BCUT2D eigenvalue weighted by Gasteiger charge is -2.25. The predicted octanol–water partition coefficient (Wildman–Crippen LogP) is 2.72. The number of nitrogen functional groups attached to an aromatic ring is 1. The van der Waals surface area contributed by atoms with E-state index in [2.05, 4.69) is 25.4 Å². The normalized spacial score (nSPS) is 25.7. The Morgan fingerprint density at radius 1 is 1.33 bits per heavy atom. The molecule has 43 heavy (non-hydrogen) atoms. The number of para-hydroxylation sites is 1. The number of aliphatic hydroxyl groups excluding tert-OH is 1. The number of carbonyl (C=O) groups is 1. The molecule has 0 radical (unpaired) electrons. The minimum Gasteiger partial charge on any atom is -0.462 e. The van der Waals surface area contributed by atoms with Crippen molar-refractivity contribution in [1.29, 1.82) is 0 Å². The number of anilines is 2. The molecule has 5 N–H and O–H groups in total. The summed E-state index contributed by atoms with van der Waals surface area (Å²) in [5, 5.41) is 16.7. The number of fused-ring (bicyclic) bond motifs is 1. The second-order valence-corrected chi connectivity index (χ2v) is 12.3. The van der Waals surface area contributed by atoms with Crippen LogP contribution in [-0.4, -0.2) is 73.3 Å². The molecule has 2 unspecified atom stereocenters. The summed E-state index contributed by atoms with van der Waals surface area (Å²) in [6, 6.07) is 7.17. The van der Waals surface area contributed by atoms with Crippen molar-refractivity contribution in [2.45, 2.75) is 75.9 Å². The largest absolute Gasteiger partial charge is 0.462 e. The Morgan fingerprint density at radius 2 is 2.05 bits per heavy atom. The molecular weight excluding hydrogens is 584 g/mol. The molecule has 6 atom stereocenters. The minimum absolute atomic E-state index is 0.0869. The summed E-state index contributed by atoms with van der Waals surface area (Å²) >= 11 is 0. The Labute approximate surface area is 247 Å². The first-order chi connectivity index (χ1) is 20.4. The SMILES string of the molecule is C#C[C@@]1(F)[C@H](O)C(COP(=O)(N[C@@H](C)C(=O)OC(C)C)Oc2ccccc2)O[C@H]1n1cnc2c(NC3CC3)nc(N)nc21. The number of alkyl halides is 1. The Morgan fingerprint density at radius 3 is 2.70 bits per heavy atom. The fraction of sp³-hybridized carbons (Fsp3) is 0.481. The fourth-order valence-corrected chi connectivity index (χ4v) is 5.95. The third-order valence-corrected chi connectivity index (χ3v) is 8.35. The minimum atomic E-state index is -4.34. The van der Waals surface area contributed by atoms with Gasteiger partial charge in [-0.05, 0) is 45.7 Å². The molecule has 1 aliphatic heterocycles. The van der Waals surface area contributed by atoms with Crippen molar-refractivity contribution in [1.82, 2.24) is 24.6 Å². The Balaban J connectivity index is 1.39. The maximum atomic E-state index is 16.3. The van der Waals surface area contributed by atoms with Crippen LogP contribution in [0.3, 0.4) is 0 Å². The first-order valence-electron chi connectivity index (χ1n) is 13.7. The summed E-state index contributed by atoms with van der Waals surface area (Å²) in [4.78, 5) is 25.1. The van der Waals surface area contributed by atoms with Gasteiger partial charge in [-0.15, -0.1) is 6.42 Å². The molecule has 16 heteroatoms. The van der Waals surface area contributed by atoms with E-state index in [1.807, 2.05) is 5.92 Å². The van der Waals surface area contributed by atoms with Gasteiger partial charge in [0, 0.05) is 6.04 Å². The summed E-state index contributed by atoms with van der Waals surface area (Å²) in [6.07, 6.45) is 3.34. The molecule has 1 saturated carbocycles. The van der Waals surface area contributed by atoms with Gasteiger partial charge in [0.15, 0.2) is 23.2 Å². The molecule has 3 heterocycles. The van der Waals surface area contributed by atoms with E-state index in [9.17, 15) is 14.5 Å². The average molecular weight is 618 g/mol. The zero-order valence-electron chi connectivity index (χ0n) is 23.7. The second-order valence-electron chi connectivity index (χ2n) is 10.6. The standard InChI is InChI=1S/C27H33FN7O7P/c1-5-27(28)21(36)19(41-25(27)35-14-30-20-22(31-17-11-12-17)32-26(29)33-23(20)35)13-39-43(38,42-18-9-7-6-8-10-18)34-16(4)24(37)40-15(2)3/h1,6-10,14-17,19,21,25,36H,11-13H2,2-4H3,(H,34,38)(H3,29,31,32,33)/t16-,19?,21+,25+,27+,43?/m0/s1. The molecule has 0 bridgehead atoms. The van der Waals surface area contributed by atoms with Crippen LogP contribution in [0, 0.1) is 12.3 Å². The van der Waals surface area contributed by atoms with Gasteiger partial charge in [0.05, 0.1) is 19.0 Å². The van der Waals surface area contributed by atoms with Crippen molar-refractivity contribution in [2.24, 2.45) is 0 Å². The Hall–Kier alpha value is -3.80. The number of halogens is 1. The van der Waals surface area contributed by atoms with Gasteiger partial charge in [0.1, 0.15) is 24.0 Å². The van der Waals surface area contributed by atoms with Crippen LogP contribution in [0.2, 0.25) is 0 Å². The van der Waals surface area contributed by atoms with Crippen molar-refractivity contribution >= 4 is 36.6 Å². The first kappa shape index (κ1) is 30.7. The molecule has 3 aromatic rings. The van der Waals surface area contributed by atoms with Crippen LogP contribution in [0.4, 0.5) is 16.2 Å². The number of nitrogens with one attached hydrogen (secondary N) is 2. The van der Waals surface area contributed by atoms with Crippen LogP contribution in [0.1, 0.15) is 39.8 Å². The number of hydrogen-bond acceptors (Lipinski definition) is 12. The molecule has 1 saturated heterocycles. The van der Waals surface area contributed by atoms with Gasteiger partial charge in [0.2, 0.25) is 11.6 Å². The Kier molecular flexibility index (Phi) is 8.60. The summed E-state index contributed by atoms with van der Waals surface area (Å²) in [6.45, 7) is 4.10. The van der Waals surface area contributed by atoms with Crippen LogP contribution in [0.15, 0.2) is 36.7 Å². The monoisotopic (exact) mass is 617 g/mol. The maximum Gasteiger partial charge on any atom is 0.459 e. The van der Waals surface area contributed by atoms with Crippen LogP contribution < -0.4 is 20.7 Å². The molecule has 0 spiro atoms. The number of nitrogens with zero attached hydrogens (tertiary/aromatic N) is 4. The summed E-state index contributed by atoms with van der Waals surface area (Å²) in [5.41, 5.74) is 3.58. The van der Waals surface area contributed by atoms with Gasteiger partial charge in [-0.3, -0.25) is 13.9 Å². The molecule has 2 aromatic heterocycles. The van der Waals surface area contributed by atoms with E-state index in [-0.39, 0.29) is 23.4 Å². The molecule has 2 fully saturated rings. The van der Waals surface area contributed by atoms with Gasteiger partial charge in [0.25, 0.3) is 0 Å². The van der Waals surface area contributed by atoms with E-state index >= 15 is 4.39 Å². The smallest absolute Gasteiger partial charge is 0.459 e. The molecule has 1 aliphatic carbocycles. The molecule has 0 amide bonds. The number of aliphatic hydroxyl groups is 1. The van der Waals surface area contributed by atoms with Crippen LogP contribution in [-0.2, 0) is 23.4 Å².